The van der Waals surface area contributed by atoms with Crippen molar-refractivity contribution in [2.24, 2.45) is 0 Å². The lowest BCUT2D eigenvalue weighted by Crippen LogP contribution is -2.10. The van der Waals surface area contributed by atoms with E-state index in [-0.39, 0.29) is 0 Å². The highest BCUT2D eigenvalue weighted by Crippen LogP contribution is 2.08. The molecular formula is C12H11IN2O2. The molecule has 88 valence electrons. The van der Waals surface area contributed by atoms with Crippen molar-refractivity contribution in [3.05, 3.63) is 46.3 Å². The van der Waals surface area contributed by atoms with Gasteiger partial charge in [-0.3, -0.25) is 0 Å². The van der Waals surface area contributed by atoms with Gasteiger partial charge in [0.05, 0.1) is 0 Å². The van der Waals surface area contributed by atoms with E-state index >= 15 is 0 Å². The number of hydrogen-bond donors (Lipinski definition) is 0. The Morgan fingerprint density at radius 3 is 2.29 bits per heavy atom. The zero-order chi connectivity index (χ0) is 11.9. The molecule has 0 aliphatic heterocycles. The first-order valence-electron chi connectivity index (χ1n) is 5.13. The fraction of sp³-hybridized carbons (Fsp3) is 0.167. The molecule has 17 heavy (non-hydrogen) atoms. The van der Waals surface area contributed by atoms with Gasteiger partial charge < -0.3 is 9.47 Å². The van der Waals surface area contributed by atoms with Gasteiger partial charge in [-0.15, -0.1) is 0 Å². The minimum atomic E-state index is 0.377. The molecule has 0 spiro atoms. The monoisotopic (exact) mass is 342 g/mol. The fourth-order valence-corrected chi connectivity index (χ4v) is 1.46. The first-order chi connectivity index (χ1) is 8.34. The van der Waals surface area contributed by atoms with Crippen molar-refractivity contribution in [1.82, 2.24) is 9.97 Å². The van der Waals surface area contributed by atoms with Crippen LogP contribution in [0.5, 0.6) is 11.8 Å². The number of benzene rings is 1. The number of halogens is 1. The number of nitrogens with zero attached hydrogens (tertiary/aromatic N) is 2. The molecule has 0 saturated heterocycles. The van der Waals surface area contributed by atoms with E-state index < -0.39 is 0 Å². The highest BCUT2D eigenvalue weighted by Gasteiger charge is 1.97. The molecule has 0 saturated carbocycles. The molecular weight excluding hydrogens is 331 g/mol. The van der Waals surface area contributed by atoms with E-state index in [0.717, 1.165) is 9.32 Å². The van der Waals surface area contributed by atoms with E-state index in [0.29, 0.717) is 19.2 Å². The maximum atomic E-state index is 5.47. The normalized spacial score (nSPS) is 9.94. The fourth-order valence-electron chi connectivity index (χ4n) is 1.18. The van der Waals surface area contributed by atoms with Gasteiger partial charge in [-0.1, -0.05) is 18.2 Å². The summed E-state index contributed by atoms with van der Waals surface area (Å²) in [5.74, 6) is 0.833. The Labute approximate surface area is 113 Å². The molecule has 0 aliphatic carbocycles. The summed E-state index contributed by atoms with van der Waals surface area (Å²) >= 11 is 2.14. The third-order valence-electron chi connectivity index (χ3n) is 1.92. The predicted octanol–water partition coefficient (Wildman–Crippen LogP) is 2.54. The molecule has 0 bridgehead atoms. The maximum Gasteiger partial charge on any atom is 0.316 e. The van der Waals surface area contributed by atoms with Crippen molar-refractivity contribution in [3.8, 4) is 11.8 Å². The first-order valence-corrected chi connectivity index (χ1v) is 6.20. The predicted molar refractivity (Wildman–Crippen MR) is 72.2 cm³/mol. The van der Waals surface area contributed by atoms with Crippen LogP contribution in [0.25, 0.3) is 0 Å². The van der Waals surface area contributed by atoms with E-state index in [1.807, 2.05) is 30.3 Å². The van der Waals surface area contributed by atoms with Crippen LogP contribution in [0.1, 0.15) is 0 Å². The molecule has 1 heterocycles. The Hall–Kier alpha value is -1.37. The first kappa shape index (κ1) is 12.1. The standard InChI is InChI=1S/C12H11IN2O2/c13-10-8-14-12(15-9-10)17-7-6-16-11-4-2-1-3-5-11/h1-5,8-9H,6-7H2. The molecule has 0 amide bonds. The van der Waals surface area contributed by atoms with Crippen molar-refractivity contribution < 1.29 is 9.47 Å². The number of para-hydroxylation sites is 1. The zero-order valence-corrected chi connectivity index (χ0v) is 11.2. The highest BCUT2D eigenvalue weighted by atomic mass is 127. The minimum Gasteiger partial charge on any atom is -0.490 e. The van der Waals surface area contributed by atoms with E-state index in [4.69, 9.17) is 9.47 Å². The van der Waals surface area contributed by atoms with Crippen LogP contribution in [0.2, 0.25) is 0 Å². The molecule has 1 aromatic carbocycles. The molecule has 0 aliphatic rings. The van der Waals surface area contributed by atoms with E-state index in [9.17, 15) is 0 Å². The summed E-state index contributed by atoms with van der Waals surface area (Å²) in [7, 11) is 0. The third kappa shape index (κ3) is 4.18. The average Bonchev–Trinajstić information content (AvgIpc) is 2.38. The highest BCUT2D eigenvalue weighted by molar-refractivity contribution is 14.1. The lowest BCUT2D eigenvalue weighted by Gasteiger charge is -2.06. The van der Waals surface area contributed by atoms with E-state index in [1.165, 1.54) is 0 Å². The van der Waals surface area contributed by atoms with Gasteiger partial charge in [0.25, 0.3) is 0 Å². The van der Waals surface area contributed by atoms with Gasteiger partial charge in [-0.2, -0.15) is 0 Å². The topological polar surface area (TPSA) is 44.2 Å². The summed E-state index contributed by atoms with van der Waals surface area (Å²) in [6.45, 7) is 0.898. The molecule has 2 aromatic rings. The Balaban J connectivity index is 1.71. The lowest BCUT2D eigenvalue weighted by molar-refractivity contribution is 0.206. The molecule has 5 heteroatoms. The van der Waals surface area contributed by atoms with Crippen LogP contribution in [0.4, 0.5) is 0 Å². The summed E-state index contributed by atoms with van der Waals surface area (Å²) in [5, 5.41) is 0. The molecule has 2 rings (SSSR count). The van der Waals surface area contributed by atoms with Crippen LogP contribution in [0.3, 0.4) is 0 Å². The van der Waals surface area contributed by atoms with Crippen LogP contribution < -0.4 is 9.47 Å². The second-order valence-corrected chi connectivity index (χ2v) is 4.44. The molecule has 0 radical (unpaired) electrons. The number of aromatic nitrogens is 2. The Morgan fingerprint density at radius 2 is 1.59 bits per heavy atom. The van der Waals surface area contributed by atoms with Crippen LogP contribution in [-0.4, -0.2) is 23.2 Å². The summed E-state index contributed by atoms with van der Waals surface area (Å²) in [4.78, 5) is 8.05. The summed E-state index contributed by atoms with van der Waals surface area (Å²) in [5.41, 5.74) is 0. The maximum absolute atomic E-state index is 5.47. The molecule has 1 aromatic heterocycles. The van der Waals surface area contributed by atoms with Crippen LogP contribution in [0.15, 0.2) is 42.7 Å². The van der Waals surface area contributed by atoms with Crippen LogP contribution >= 0.6 is 22.6 Å². The van der Waals surface area contributed by atoms with Gasteiger partial charge in [-0.25, -0.2) is 9.97 Å². The van der Waals surface area contributed by atoms with Gasteiger partial charge in [0, 0.05) is 16.0 Å². The van der Waals surface area contributed by atoms with Gasteiger partial charge in [0.2, 0.25) is 0 Å². The van der Waals surface area contributed by atoms with Crippen molar-refractivity contribution in [2.45, 2.75) is 0 Å². The molecule has 0 atom stereocenters. The Bertz CT molecular complexity index is 448. The third-order valence-corrected chi connectivity index (χ3v) is 2.48. The van der Waals surface area contributed by atoms with E-state index in [2.05, 4.69) is 32.6 Å². The Kier molecular flexibility index (Phi) is 4.54. The number of hydrogen-bond acceptors (Lipinski definition) is 4. The molecule has 0 unspecified atom stereocenters. The second-order valence-electron chi connectivity index (χ2n) is 3.19. The van der Waals surface area contributed by atoms with E-state index in [1.54, 1.807) is 12.4 Å². The van der Waals surface area contributed by atoms with Crippen molar-refractivity contribution in [1.29, 1.82) is 0 Å². The zero-order valence-electron chi connectivity index (χ0n) is 9.04. The van der Waals surface area contributed by atoms with Crippen LogP contribution in [0, 0.1) is 3.57 Å². The van der Waals surface area contributed by atoms with Crippen LogP contribution in [-0.2, 0) is 0 Å². The molecule has 0 fully saturated rings. The second kappa shape index (κ2) is 6.39. The SMILES string of the molecule is Ic1cnc(OCCOc2ccccc2)nc1. The van der Waals surface area contributed by atoms with Gasteiger partial charge in [-0.05, 0) is 34.7 Å². The Morgan fingerprint density at radius 1 is 0.941 bits per heavy atom. The van der Waals surface area contributed by atoms with Gasteiger partial charge in [0.1, 0.15) is 19.0 Å². The lowest BCUT2D eigenvalue weighted by atomic mass is 10.3. The smallest absolute Gasteiger partial charge is 0.316 e. The molecule has 4 nitrogen and oxygen atoms in total. The summed E-state index contributed by atoms with van der Waals surface area (Å²) in [6, 6.07) is 9.99. The van der Waals surface area contributed by atoms with Gasteiger partial charge in [0.15, 0.2) is 0 Å². The number of ether oxygens (including phenoxy) is 2. The molecule has 0 N–H and O–H groups in total. The average molecular weight is 342 g/mol. The largest absolute Gasteiger partial charge is 0.490 e. The van der Waals surface area contributed by atoms with Crippen molar-refractivity contribution in [2.75, 3.05) is 13.2 Å². The summed E-state index contributed by atoms with van der Waals surface area (Å²) < 4.78 is 11.8. The van der Waals surface area contributed by atoms with Crippen molar-refractivity contribution >= 4 is 22.6 Å². The minimum absolute atomic E-state index is 0.377. The van der Waals surface area contributed by atoms with Crippen molar-refractivity contribution in [3.63, 3.8) is 0 Å². The quantitative estimate of drug-likeness (QED) is 0.619. The van der Waals surface area contributed by atoms with Gasteiger partial charge >= 0.3 is 6.01 Å². The number of rotatable bonds is 5. The summed E-state index contributed by atoms with van der Waals surface area (Å²) in [6.07, 6.45) is 3.42.